The first-order valence-corrected chi connectivity index (χ1v) is 5.31. The number of rotatable bonds is 6. The summed E-state index contributed by atoms with van der Waals surface area (Å²) >= 11 is 0. The Bertz CT molecular complexity index is 298. The Hall–Kier alpha value is -0.940. The summed E-state index contributed by atoms with van der Waals surface area (Å²) in [7, 11) is 1.96. The van der Waals surface area contributed by atoms with Crippen LogP contribution in [-0.2, 0) is 13.6 Å². The summed E-state index contributed by atoms with van der Waals surface area (Å²) in [6.07, 6.45) is 0.838. The molecule has 15 heavy (non-hydrogen) atoms. The van der Waals surface area contributed by atoms with Crippen molar-refractivity contribution in [2.75, 3.05) is 13.2 Å². The Morgan fingerprint density at radius 3 is 2.73 bits per heavy atom. The lowest BCUT2D eigenvalue weighted by atomic mass is 10.1. The Kier molecular flexibility index (Phi) is 4.71. The predicted octanol–water partition coefficient (Wildman–Crippen LogP) is 0.232. The summed E-state index contributed by atoms with van der Waals surface area (Å²) < 4.78 is 1.98. The van der Waals surface area contributed by atoms with E-state index >= 15 is 0 Å². The molecule has 86 valence electrons. The van der Waals surface area contributed by atoms with Crippen LogP contribution in [0.25, 0.3) is 0 Å². The molecule has 0 amide bonds. The van der Waals surface area contributed by atoms with Gasteiger partial charge in [-0.05, 0) is 25.8 Å². The van der Waals surface area contributed by atoms with E-state index in [9.17, 15) is 0 Å². The molecule has 1 unspecified atom stereocenters. The summed E-state index contributed by atoms with van der Waals surface area (Å²) in [5.74, 6) is 2.36. The molecule has 0 saturated carbocycles. The minimum Gasteiger partial charge on any atom is -0.396 e. The van der Waals surface area contributed by atoms with Crippen LogP contribution >= 0.6 is 0 Å². The maximum Gasteiger partial charge on any atom is 0.146 e. The number of hydrogen-bond donors (Lipinski definition) is 2. The van der Waals surface area contributed by atoms with Crippen molar-refractivity contribution in [3.63, 3.8) is 0 Å². The molecule has 0 aromatic carbocycles. The SMILES string of the molecule is Cc1nnc(CNCC(C)CCO)n1C. The topological polar surface area (TPSA) is 63.0 Å². The van der Waals surface area contributed by atoms with Gasteiger partial charge in [0, 0.05) is 13.7 Å². The Balaban J connectivity index is 2.29. The van der Waals surface area contributed by atoms with Crippen LogP contribution < -0.4 is 5.32 Å². The zero-order chi connectivity index (χ0) is 11.3. The van der Waals surface area contributed by atoms with E-state index in [4.69, 9.17) is 5.11 Å². The third-order valence-corrected chi connectivity index (χ3v) is 2.58. The molecule has 5 nitrogen and oxygen atoms in total. The first kappa shape index (κ1) is 12.1. The van der Waals surface area contributed by atoms with Crippen molar-refractivity contribution in [3.8, 4) is 0 Å². The van der Waals surface area contributed by atoms with Gasteiger partial charge in [0.2, 0.25) is 0 Å². The minimum absolute atomic E-state index is 0.256. The van der Waals surface area contributed by atoms with E-state index < -0.39 is 0 Å². The van der Waals surface area contributed by atoms with Gasteiger partial charge in [-0.25, -0.2) is 0 Å². The van der Waals surface area contributed by atoms with Crippen molar-refractivity contribution >= 4 is 0 Å². The van der Waals surface area contributed by atoms with E-state index in [0.717, 1.165) is 31.2 Å². The monoisotopic (exact) mass is 212 g/mol. The van der Waals surface area contributed by atoms with Crippen LogP contribution in [0.4, 0.5) is 0 Å². The summed E-state index contributed by atoms with van der Waals surface area (Å²) in [6.45, 7) is 5.93. The largest absolute Gasteiger partial charge is 0.396 e. The number of aromatic nitrogens is 3. The molecule has 1 rings (SSSR count). The normalized spacial score (nSPS) is 13.1. The van der Waals surface area contributed by atoms with Gasteiger partial charge in [0.15, 0.2) is 0 Å². The van der Waals surface area contributed by atoms with Crippen molar-refractivity contribution in [1.82, 2.24) is 20.1 Å². The lowest BCUT2D eigenvalue weighted by Crippen LogP contribution is -2.23. The number of aliphatic hydroxyl groups excluding tert-OH is 1. The molecule has 1 heterocycles. The summed E-state index contributed by atoms with van der Waals surface area (Å²) in [5.41, 5.74) is 0. The molecule has 0 fully saturated rings. The fraction of sp³-hybridized carbons (Fsp3) is 0.800. The van der Waals surface area contributed by atoms with Crippen molar-refractivity contribution in [1.29, 1.82) is 0 Å². The molecule has 1 atom stereocenters. The number of nitrogens with one attached hydrogen (secondary N) is 1. The van der Waals surface area contributed by atoms with Crippen LogP contribution in [0.2, 0.25) is 0 Å². The average Bonchev–Trinajstić information content (AvgIpc) is 2.50. The van der Waals surface area contributed by atoms with Gasteiger partial charge < -0.3 is 15.0 Å². The van der Waals surface area contributed by atoms with Crippen LogP contribution in [0, 0.1) is 12.8 Å². The van der Waals surface area contributed by atoms with Crippen LogP contribution in [0.15, 0.2) is 0 Å². The van der Waals surface area contributed by atoms with Gasteiger partial charge in [-0.1, -0.05) is 6.92 Å². The molecule has 0 aliphatic rings. The van der Waals surface area contributed by atoms with E-state index in [-0.39, 0.29) is 6.61 Å². The van der Waals surface area contributed by atoms with E-state index in [0.29, 0.717) is 5.92 Å². The summed E-state index contributed by atoms with van der Waals surface area (Å²) in [6, 6.07) is 0. The quantitative estimate of drug-likeness (QED) is 0.708. The molecule has 2 N–H and O–H groups in total. The first-order chi connectivity index (χ1) is 7.15. The maximum atomic E-state index is 8.75. The number of hydrogen-bond acceptors (Lipinski definition) is 4. The highest BCUT2D eigenvalue weighted by atomic mass is 16.3. The van der Waals surface area contributed by atoms with Crippen molar-refractivity contribution in [2.45, 2.75) is 26.8 Å². The van der Waals surface area contributed by atoms with Crippen molar-refractivity contribution in [3.05, 3.63) is 11.6 Å². The van der Waals surface area contributed by atoms with Crippen LogP contribution in [0.3, 0.4) is 0 Å². The molecule has 1 aromatic rings. The lowest BCUT2D eigenvalue weighted by Gasteiger charge is -2.10. The number of nitrogens with zero attached hydrogens (tertiary/aromatic N) is 3. The predicted molar refractivity (Wildman–Crippen MR) is 58.3 cm³/mol. The standard InChI is InChI=1S/C10H20N4O/c1-8(4-5-15)6-11-7-10-13-12-9(2)14(10)3/h8,11,15H,4-7H2,1-3H3. The third-order valence-electron chi connectivity index (χ3n) is 2.58. The van der Waals surface area contributed by atoms with Gasteiger partial charge in [-0.2, -0.15) is 0 Å². The molecule has 0 bridgehead atoms. The Labute approximate surface area is 90.5 Å². The Morgan fingerprint density at radius 2 is 2.20 bits per heavy atom. The number of aliphatic hydroxyl groups is 1. The van der Waals surface area contributed by atoms with E-state index in [1.807, 2.05) is 18.5 Å². The molecule has 0 aliphatic heterocycles. The van der Waals surface area contributed by atoms with Gasteiger partial charge in [0.05, 0.1) is 6.54 Å². The van der Waals surface area contributed by atoms with Crippen molar-refractivity contribution < 1.29 is 5.11 Å². The van der Waals surface area contributed by atoms with E-state index in [2.05, 4.69) is 22.4 Å². The zero-order valence-electron chi connectivity index (χ0n) is 9.69. The highest BCUT2D eigenvalue weighted by Gasteiger charge is 2.05. The fourth-order valence-corrected chi connectivity index (χ4v) is 1.36. The molecule has 0 spiro atoms. The molecule has 1 aromatic heterocycles. The van der Waals surface area contributed by atoms with Gasteiger partial charge in [-0.15, -0.1) is 10.2 Å². The number of aryl methyl sites for hydroxylation is 1. The summed E-state index contributed by atoms with van der Waals surface area (Å²) in [5, 5.41) is 20.1. The van der Waals surface area contributed by atoms with Gasteiger partial charge in [-0.3, -0.25) is 0 Å². The van der Waals surface area contributed by atoms with Gasteiger partial charge in [0.1, 0.15) is 11.6 Å². The Morgan fingerprint density at radius 1 is 1.47 bits per heavy atom. The maximum absolute atomic E-state index is 8.75. The average molecular weight is 212 g/mol. The third kappa shape index (κ3) is 3.60. The minimum atomic E-state index is 0.256. The van der Waals surface area contributed by atoms with Crippen molar-refractivity contribution in [2.24, 2.45) is 13.0 Å². The van der Waals surface area contributed by atoms with Crippen LogP contribution in [0.5, 0.6) is 0 Å². The lowest BCUT2D eigenvalue weighted by molar-refractivity contribution is 0.260. The molecule has 0 saturated heterocycles. The second kappa shape index (κ2) is 5.82. The first-order valence-electron chi connectivity index (χ1n) is 5.31. The fourth-order valence-electron chi connectivity index (χ4n) is 1.36. The van der Waals surface area contributed by atoms with Crippen LogP contribution in [0.1, 0.15) is 25.0 Å². The van der Waals surface area contributed by atoms with Gasteiger partial charge >= 0.3 is 0 Å². The highest BCUT2D eigenvalue weighted by molar-refractivity contribution is 4.91. The molecule has 0 radical (unpaired) electrons. The second-order valence-electron chi connectivity index (χ2n) is 3.97. The second-order valence-corrected chi connectivity index (χ2v) is 3.97. The molecular formula is C10H20N4O. The van der Waals surface area contributed by atoms with Gasteiger partial charge in [0.25, 0.3) is 0 Å². The smallest absolute Gasteiger partial charge is 0.146 e. The summed E-state index contributed by atoms with van der Waals surface area (Å²) in [4.78, 5) is 0. The molecular weight excluding hydrogens is 192 g/mol. The zero-order valence-corrected chi connectivity index (χ0v) is 9.69. The molecule has 5 heteroatoms. The van der Waals surface area contributed by atoms with Crippen LogP contribution in [-0.4, -0.2) is 33.0 Å². The van der Waals surface area contributed by atoms with E-state index in [1.165, 1.54) is 0 Å². The van der Waals surface area contributed by atoms with E-state index in [1.54, 1.807) is 0 Å². The molecule has 0 aliphatic carbocycles. The highest BCUT2D eigenvalue weighted by Crippen LogP contribution is 2.00.